The molecule has 0 N–H and O–H groups in total. The molecule has 0 bridgehead atoms. The van der Waals surface area contributed by atoms with Crippen LogP contribution in [0.3, 0.4) is 0 Å². The highest BCUT2D eigenvalue weighted by atomic mass is 35.5. The quantitative estimate of drug-likeness (QED) is 0.615. The Morgan fingerprint density at radius 3 is 2.59 bits per heavy atom. The van der Waals surface area contributed by atoms with Crippen LogP contribution in [0.4, 0.5) is 4.79 Å². The van der Waals surface area contributed by atoms with Gasteiger partial charge in [-0.05, 0) is 27.7 Å². The highest BCUT2D eigenvalue weighted by Crippen LogP contribution is 2.20. The Morgan fingerprint density at radius 1 is 1.32 bits per heavy atom. The van der Waals surface area contributed by atoms with Gasteiger partial charge in [0.2, 0.25) is 0 Å². The number of aryl methyl sites for hydroxylation is 1. The molecule has 2 heterocycles. The van der Waals surface area contributed by atoms with Gasteiger partial charge in [-0.2, -0.15) is 0 Å². The van der Waals surface area contributed by atoms with Crippen LogP contribution in [0, 0.1) is 6.92 Å². The number of esters is 1. The van der Waals surface area contributed by atoms with Crippen LogP contribution >= 0.6 is 11.6 Å². The zero-order valence-corrected chi connectivity index (χ0v) is 13.9. The predicted molar refractivity (Wildman–Crippen MR) is 79.7 cm³/mol. The maximum absolute atomic E-state index is 12.1. The number of hydrogen-bond donors (Lipinski definition) is 0. The molecule has 8 heteroatoms. The molecule has 1 aromatic heterocycles. The topological polar surface area (TPSA) is 73.7 Å². The average Bonchev–Trinajstić information content (AvgIpc) is 2.71. The van der Waals surface area contributed by atoms with E-state index in [0.717, 1.165) is 0 Å². The fourth-order valence-electron chi connectivity index (χ4n) is 2.32. The van der Waals surface area contributed by atoms with Crippen molar-refractivity contribution >= 4 is 23.7 Å². The fourth-order valence-corrected chi connectivity index (χ4v) is 2.42. The summed E-state index contributed by atoms with van der Waals surface area (Å²) < 4.78 is 12.0. The van der Waals surface area contributed by atoms with Crippen LogP contribution in [-0.4, -0.2) is 44.7 Å². The zero-order valence-electron chi connectivity index (χ0n) is 13.2. The van der Waals surface area contributed by atoms with Crippen LogP contribution in [0.1, 0.15) is 42.8 Å². The normalized spacial score (nSPS) is 14.5. The molecule has 1 aromatic rings. The number of amides is 1. The molecule has 1 amide bonds. The van der Waals surface area contributed by atoms with E-state index in [4.69, 9.17) is 21.1 Å². The van der Waals surface area contributed by atoms with Gasteiger partial charge in [0.05, 0.1) is 12.2 Å². The molecule has 0 spiro atoms. The number of carbonyl (C=O) groups excluding carboxylic acids is 2. The van der Waals surface area contributed by atoms with Crippen molar-refractivity contribution in [2.45, 2.75) is 46.4 Å². The summed E-state index contributed by atoms with van der Waals surface area (Å²) in [4.78, 5) is 30.0. The van der Waals surface area contributed by atoms with E-state index in [2.05, 4.69) is 4.98 Å². The smallest absolute Gasteiger partial charge is 0.410 e. The van der Waals surface area contributed by atoms with Gasteiger partial charge in [0.25, 0.3) is 0 Å². The average molecular weight is 330 g/mol. The third kappa shape index (κ3) is 3.52. The first-order valence-corrected chi connectivity index (χ1v) is 7.53. The van der Waals surface area contributed by atoms with Crippen molar-refractivity contribution in [3.8, 4) is 0 Å². The SMILES string of the molecule is Cc1nc2n(c1C(=O)OCCl)CCN(C(=O)OC(C)(C)C)C2. The monoisotopic (exact) mass is 329 g/mol. The van der Waals surface area contributed by atoms with Crippen molar-refractivity contribution < 1.29 is 19.1 Å². The van der Waals surface area contributed by atoms with E-state index >= 15 is 0 Å². The molecule has 2 rings (SSSR count). The molecule has 0 aromatic carbocycles. The molecule has 0 saturated heterocycles. The molecule has 22 heavy (non-hydrogen) atoms. The summed E-state index contributed by atoms with van der Waals surface area (Å²) in [5.74, 6) is 0.132. The minimum Gasteiger partial charge on any atom is -0.445 e. The highest BCUT2D eigenvalue weighted by Gasteiger charge is 2.30. The maximum Gasteiger partial charge on any atom is 0.410 e. The number of rotatable bonds is 2. The Kier molecular flexibility index (Phi) is 4.65. The second-order valence-corrected chi connectivity index (χ2v) is 6.27. The first-order valence-electron chi connectivity index (χ1n) is 7.00. The van der Waals surface area contributed by atoms with Crippen molar-refractivity contribution in [2.24, 2.45) is 0 Å². The maximum atomic E-state index is 12.1. The minimum absolute atomic E-state index is 0.206. The summed E-state index contributed by atoms with van der Waals surface area (Å²) in [5.41, 5.74) is 0.408. The van der Waals surface area contributed by atoms with Gasteiger partial charge < -0.3 is 14.0 Å². The molecule has 0 unspecified atom stereocenters. The second kappa shape index (κ2) is 6.16. The van der Waals surface area contributed by atoms with Crippen molar-refractivity contribution in [1.29, 1.82) is 0 Å². The number of ether oxygens (including phenoxy) is 2. The number of halogens is 1. The molecular weight excluding hydrogens is 310 g/mol. The molecule has 0 atom stereocenters. The van der Waals surface area contributed by atoms with Crippen LogP contribution in [-0.2, 0) is 22.6 Å². The Bertz CT molecular complexity index is 592. The Hall–Kier alpha value is -1.76. The summed E-state index contributed by atoms with van der Waals surface area (Å²) in [6, 6.07) is -0.206. The Balaban J connectivity index is 2.17. The summed E-state index contributed by atoms with van der Waals surface area (Å²) in [6.45, 7) is 8.39. The van der Waals surface area contributed by atoms with Gasteiger partial charge >= 0.3 is 12.1 Å². The third-order valence-corrected chi connectivity index (χ3v) is 3.29. The number of fused-ring (bicyclic) bond motifs is 1. The fraction of sp³-hybridized carbons (Fsp3) is 0.643. The number of aromatic nitrogens is 2. The van der Waals surface area contributed by atoms with Gasteiger partial charge in [0.1, 0.15) is 11.4 Å². The summed E-state index contributed by atoms with van der Waals surface area (Å²) >= 11 is 5.43. The Morgan fingerprint density at radius 2 is 2.00 bits per heavy atom. The van der Waals surface area contributed by atoms with E-state index in [9.17, 15) is 9.59 Å². The largest absolute Gasteiger partial charge is 0.445 e. The lowest BCUT2D eigenvalue weighted by Crippen LogP contribution is -2.42. The number of nitrogens with zero attached hydrogens (tertiary/aromatic N) is 3. The number of imidazole rings is 1. The number of hydrogen-bond acceptors (Lipinski definition) is 5. The van der Waals surface area contributed by atoms with E-state index in [-0.39, 0.29) is 12.2 Å². The van der Waals surface area contributed by atoms with Crippen molar-refractivity contribution in [3.63, 3.8) is 0 Å². The lowest BCUT2D eigenvalue weighted by atomic mass is 10.2. The van der Waals surface area contributed by atoms with Crippen LogP contribution < -0.4 is 0 Å². The van der Waals surface area contributed by atoms with Crippen LogP contribution in [0.5, 0.6) is 0 Å². The number of carbonyl (C=O) groups is 2. The first-order chi connectivity index (χ1) is 10.2. The van der Waals surface area contributed by atoms with Gasteiger partial charge in [-0.1, -0.05) is 11.6 Å². The van der Waals surface area contributed by atoms with Crippen LogP contribution in [0.15, 0.2) is 0 Å². The highest BCUT2D eigenvalue weighted by molar-refractivity contribution is 6.17. The van der Waals surface area contributed by atoms with Gasteiger partial charge in [-0.15, -0.1) is 0 Å². The number of alkyl halides is 1. The van der Waals surface area contributed by atoms with Gasteiger partial charge in [0.15, 0.2) is 11.8 Å². The lowest BCUT2D eigenvalue weighted by Gasteiger charge is -2.30. The molecular formula is C14H20ClN3O4. The summed E-state index contributed by atoms with van der Waals surface area (Å²) in [5, 5.41) is 0. The molecule has 0 saturated carbocycles. The van der Waals surface area contributed by atoms with E-state index in [0.29, 0.717) is 36.8 Å². The van der Waals surface area contributed by atoms with Crippen molar-refractivity contribution in [1.82, 2.24) is 14.5 Å². The zero-order chi connectivity index (χ0) is 16.5. The van der Waals surface area contributed by atoms with E-state index in [1.165, 1.54) is 0 Å². The Labute approximate surface area is 134 Å². The summed E-state index contributed by atoms with van der Waals surface area (Å²) in [7, 11) is 0. The first kappa shape index (κ1) is 16.6. The predicted octanol–water partition coefficient (Wildman–Crippen LogP) is 2.30. The van der Waals surface area contributed by atoms with Crippen LogP contribution in [0.25, 0.3) is 0 Å². The molecule has 7 nitrogen and oxygen atoms in total. The van der Waals surface area contributed by atoms with E-state index in [1.54, 1.807) is 16.4 Å². The van der Waals surface area contributed by atoms with Crippen LogP contribution in [0.2, 0.25) is 0 Å². The molecule has 0 aliphatic carbocycles. The summed E-state index contributed by atoms with van der Waals surface area (Å²) in [6.07, 6.45) is -0.385. The molecule has 1 aliphatic heterocycles. The van der Waals surface area contributed by atoms with E-state index < -0.39 is 11.6 Å². The minimum atomic E-state index is -0.546. The van der Waals surface area contributed by atoms with Crippen molar-refractivity contribution in [3.05, 3.63) is 17.2 Å². The third-order valence-electron chi connectivity index (χ3n) is 3.18. The molecule has 0 fully saturated rings. The van der Waals surface area contributed by atoms with Crippen molar-refractivity contribution in [2.75, 3.05) is 12.6 Å². The van der Waals surface area contributed by atoms with Gasteiger partial charge in [0, 0.05) is 13.1 Å². The second-order valence-electron chi connectivity index (χ2n) is 6.06. The molecule has 1 aliphatic rings. The van der Waals surface area contributed by atoms with E-state index in [1.807, 2.05) is 20.8 Å². The molecule has 0 radical (unpaired) electrons. The lowest BCUT2D eigenvalue weighted by molar-refractivity contribution is 0.0194. The van der Waals surface area contributed by atoms with Gasteiger partial charge in [-0.3, -0.25) is 4.90 Å². The van der Waals surface area contributed by atoms with Gasteiger partial charge in [-0.25, -0.2) is 14.6 Å². The standard InChI is InChI=1S/C14H20ClN3O4/c1-9-11(12(19)21-8-15)18-6-5-17(7-10(18)16-9)13(20)22-14(2,3)4/h5-8H2,1-4H3. The molecule has 122 valence electrons.